The van der Waals surface area contributed by atoms with E-state index in [-0.39, 0.29) is 18.1 Å². The monoisotopic (exact) mass is 325 g/mol. The molecule has 4 rings (SSSR count). The lowest BCUT2D eigenvalue weighted by Gasteiger charge is -1.97. The van der Waals surface area contributed by atoms with Gasteiger partial charge in [0.1, 0.15) is 5.69 Å². The number of hydrogen-bond acceptors (Lipinski definition) is 7. The Labute approximate surface area is 135 Å². The Kier molecular flexibility index (Phi) is 3.47. The summed E-state index contributed by atoms with van der Waals surface area (Å²) in [5.74, 6) is 1.55. The Morgan fingerprint density at radius 2 is 1.58 bits per heavy atom. The summed E-state index contributed by atoms with van der Waals surface area (Å²) < 4.78 is 20.6. The van der Waals surface area contributed by atoms with Crippen molar-refractivity contribution >= 4 is 5.91 Å². The molecule has 4 aromatic heterocycles. The van der Waals surface area contributed by atoms with Gasteiger partial charge in [0.25, 0.3) is 5.91 Å². The van der Waals surface area contributed by atoms with Crippen molar-refractivity contribution in [3.05, 3.63) is 60.3 Å². The molecule has 0 radical (unpaired) electrons. The molecule has 0 unspecified atom stereocenters. The molecule has 0 spiro atoms. The first-order valence-corrected chi connectivity index (χ1v) is 7.08. The van der Waals surface area contributed by atoms with Gasteiger partial charge in [0.05, 0.1) is 19.1 Å². The molecule has 0 aromatic carbocycles. The van der Waals surface area contributed by atoms with Crippen molar-refractivity contribution < 1.29 is 22.7 Å². The summed E-state index contributed by atoms with van der Waals surface area (Å²) in [6.07, 6.45) is 3.05. The highest BCUT2D eigenvalue weighted by molar-refractivity contribution is 5.92. The van der Waals surface area contributed by atoms with Gasteiger partial charge in [-0.25, -0.2) is 0 Å². The van der Waals surface area contributed by atoms with Crippen LogP contribution in [0.2, 0.25) is 0 Å². The minimum atomic E-state index is -0.390. The molecule has 0 fully saturated rings. The molecule has 0 aliphatic rings. The maximum atomic E-state index is 12.1. The molecule has 0 saturated heterocycles. The van der Waals surface area contributed by atoms with Gasteiger partial charge in [-0.05, 0) is 24.3 Å². The number of nitrogens with one attached hydrogen (secondary N) is 1. The molecule has 0 atom stereocenters. The number of amides is 1. The first-order chi connectivity index (χ1) is 11.8. The minimum absolute atomic E-state index is 0.149. The Balaban J connectivity index is 1.40. The van der Waals surface area contributed by atoms with E-state index in [1.807, 2.05) is 0 Å². The Morgan fingerprint density at radius 3 is 2.25 bits per heavy atom. The number of nitrogens with zero attached hydrogens (tertiary/aromatic N) is 2. The predicted molar refractivity (Wildman–Crippen MR) is 79.6 cm³/mol. The summed E-state index contributed by atoms with van der Waals surface area (Å²) in [6, 6.07) is 10.1. The molecule has 1 amide bonds. The lowest BCUT2D eigenvalue weighted by molar-refractivity contribution is 0.0941. The average Bonchev–Trinajstić information content (AvgIpc) is 3.40. The highest BCUT2D eigenvalue weighted by Crippen LogP contribution is 2.21. The van der Waals surface area contributed by atoms with Crippen molar-refractivity contribution in [3.63, 3.8) is 0 Å². The van der Waals surface area contributed by atoms with Crippen LogP contribution in [0.15, 0.2) is 66.8 Å². The summed E-state index contributed by atoms with van der Waals surface area (Å²) in [5.41, 5.74) is 0.709. The van der Waals surface area contributed by atoms with E-state index in [1.165, 1.54) is 12.3 Å². The van der Waals surface area contributed by atoms with E-state index >= 15 is 0 Å². The molecule has 8 heteroatoms. The van der Waals surface area contributed by atoms with E-state index < -0.39 is 0 Å². The van der Waals surface area contributed by atoms with Gasteiger partial charge in [-0.15, -0.1) is 0 Å². The van der Waals surface area contributed by atoms with Crippen LogP contribution in [0.4, 0.5) is 0 Å². The number of carbonyl (C=O) groups excluding carboxylic acids is 1. The lowest BCUT2D eigenvalue weighted by Crippen LogP contribution is -2.23. The fourth-order valence-corrected chi connectivity index (χ4v) is 2.11. The first kappa shape index (κ1) is 14.1. The van der Waals surface area contributed by atoms with Crippen LogP contribution in [-0.4, -0.2) is 16.2 Å². The maximum absolute atomic E-state index is 12.1. The van der Waals surface area contributed by atoms with Crippen LogP contribution in [-0.2, 0) is 6.54 Å². The van der Waals surface area contributed by atoms with Crippen LogP contribution in [0.3, 0.4) is 0 Å². The SMILES string of the molecule is O=C(NCc1cc(-c2ccco2)on1)c1cc(-c2ccco2)on1. The second-order valence-corrected chi connectivity index (χ2v) is 4.90. The van der Waals surface area contributed by atoms with Gasteiger partial charge in [-0.1, -0.05) is 10.3 Å². The highest BCUT2D eigenvalue weighted by atomic mass is 16.5. The topological polar surface area (TPSA) is 107 Å². The first-order valence-electron chi connectivity index (χ1n) is 7.08. The van der Waals surface area contributed by atoms with E-state index in [4.69, 9.17) is 17.9 Å². The molecule has 24 heavy (non-hydrogen) atoms. The molecule has 1 N–H and O–H groups in total. The zero-order valence-corrected chi connectivity index (χ0v) is 12.3. The van der Waals surface area contributed by atoms with E-state index in [0.29, 0.717) is 28.7 Å². The van der Waals surface area contributed by atoms with Crippen molar-refractivity contribution in [2.45, 2.75) is 6.54 Å². The third-order valence-corrected chi connectivity index (χ3v) is 3.26. The maximum Gasteiger partial charge on any atom is 0.273 e. The van der Waals surface area contributed by atoms with Crippen LogP contribution < -0.4 is 5.32 Å². The summed E-state index contributed by atoms with van der Waals surface area (Å²) >= 11 is 0. The van der Waals surface area contributed by atoms with Gasteiger partial charge >= 0.3 is 0 Å². The Hall–Kier alpha value is -3.55. The van der Waals surface area contributed by atoms with Crippen molar-refractivity contribution in [2.24, 2.45) is 0 Å². The minimum Gasteiger partial charge on any atom is -0.461 e. The molecule has 4 aromatic rings. The fourth-order valence-electron chi connectivity index (χ4n) is 2.11. The van der Waals surface area contributed by atoms with Crippen molar-refractivity contribution in [1.29, 1.82) is 0 Å². The largest absolute Gasteiger partial charge is 0.461 e. The highest BCUT2D eigenvalue weighted by Gasteiger charge is 2.16. The Morgan fingerprint density at radius 1 is 0.917 bits per heavy atom. The van der Waals surface area contributed by atoms with Gasteiger partial charge in [0.15, 0.2) is 17.2 Å². The molecule has 8 nitrogen and oxygen atoms in total. The average molecular weight is 325 g/mol. The number of hydrogen-bond donors (Lipinski definition) is 1. The van der Waals surface area contributed by atoms with E-state index in [0.717, 1.165) is 0 Å². The zero-order valence-electron chi connectivity index (χ0n) is 12.3. The van der Waals surface area contributed by atoms with Gasteiger partial charge in [0, 0.05) is 12.1 Å². The van der Waals surface area contributed by atoms with Gasteiger partial charge in [0.2, 0.25) is 11.5 Å². The second kappa shape index (κ2) is 5.92. The summed E-state index contributed by atoms with van der Waals surface area (Å²) in [5, 5.41) is 10.3. The molecular formula is C16H11N3O5. The molecule has 0 bridgehead atoms. The summed E-state index contributed by atoms with van der Waals surface area (Å²) in [6.45, 7) is 0.186. The number of aromatic nitrogens is 2. The standard InChI is InChI=1S/C16H11N3O5/c20-16(11-8-15(24-19-11)13-4-2-6-22-13)17-9-10-7-14(23-18-10)12-3-1-5-21-12/h1-8H,9H2,(H,17,20). The molecule has 0 saturated carbocycles. The van der Waals surface area contributed by atoms with Crippen LogP contribution in [0.1, 0.15) is 16.2 Å². The molecule has 0 aliphatic carbocycles. The fraction of sp³-hybridized carbons (Fsp3) is 0.0625. The van der Waals surface area contributed by atoms with Crippen molar-refractivity contribution in [3.8, 4) is 23.0 Å². The number of rotatable bonds is 5. The third-order valence-electron chi connectivity index (χ3n) is 3.26. The zero-order chi connectivity index (χ0) is 16.4. The van der Waals surface area contributed by atoms with E-state index in [1.54, 1.807) is 36.6 Å². The Bertz CT molecular complexity index is 934. The van der Waals surface area contributed by atoms with Crippen molar-refractivity contribution in [2.75, 3.05) is 0 Å². The van der Waals surface area contributed by atoms with Crippen LogP contribution in [0, 0.1) is 0 Å². The molecule has 0 aliphatic heterocycles. The predicted octanol–water partition coefficient (Wildman–Crippen LogP) is 3.11. The number of furan rings is 2. The quantitative estimate of drug-likeness (QED) is 0.600. The molecular weight excluding hydrogens is 314 g/mol. The molecule has 4 heterocycles. The lowest BCUT2D eigenvalue weighted by atomic mass is 10.3. The molecule has 120 valence electrons. The normalized spacial score (nSPS) is 10.8. The van der Waals surface area contributed by atoms with E-state index in [2.05, 4.69) is 15.6 Å². The van der Waals surface area contributed by atoms with Crippen LogP contribution in [0.25, 0.3) is 23.0 Å². The number of carbonyl (C=O) groups is 1. The van der Waals surface area contributed by atoms with Gasteiger partial charge < -0.3 is 23.2 Å². The second-order valence-electron chi connectivity index (χ2n) is 4.90. The van der Waals surface area contributed by atoms with E-state index in [9.17, 15) is 4.79 Å². The van der Waals surface area contributed by atoms with Crippen LogP contribution >= 0.6 is 0 Å². The summed E-state index contributed by atoms with van der Waals surface area (Å²) in [7, 11) is 0. The van der Waals surface area contributed by atoms with Crippen molar-refractivity contribution in [1.82, 2.24) is 15.6 Å². The summed E-state index contributed by atoms with van der Waals surface area (Å²) in [4.78, 5) is 12.1. The van der Waals surface area contributed by atoms with Crippen LogP contribution in [0.5, 0.6) is 0 Å². The third kappa shape index (κ3) is 2.72. The van der Waals surface area contributed by atoms with Gasteiger partial charge in [-0.2, -0.15) is 0 Å². The van der Waals surface area contributed by atoms with Gasteiger partial charge in [-0.3, -0.25) is 4.79 Å². The smallest absolute Gasteiger partial charge is 0.273 e.